The Labute approximate surface area is 193 Å². The molecule has 1 N–H and O–H groups in total. The Bertz CT molecular complexity index is 983. The third kappa shape index (κ3) is 5.33. The summed E-state index contributed by atoms with van der Waals surface area (Å²) < 4.78 is 30.5. The van der Waals surface area contributed by atoms with Gasteiger partial charge in [0.2, 0.25) is 0 Å². The molecule has 2 aliphatic heterocycles. The number of aliphatic hydroxyl groups is 1. The van der Waals surface area contributed by atoms with E-state index in [2.05, 4.69) is 0 Å². The van der Waals surface area contributed by atoms with E-state index in [9.17, 15) is 5.11 Å². The predicted octanol–water partition coefficient (Wildman–Crippen LogP) is 3.99. The predicted molar refractivity (Wildman–Crippen MR) is 121 cm³/mol. The Morgan fingerprint density at radius 3 is 1.94 bits per heavy atom. The molecule has 5 rings (SSSR count). The summed E-state index contributed by atoms with van der Waals surface area (Å²) in [6, 6.07) is 29.4. The van der Waals surface area contributed by atoms with Gasteiger partial charge in [-0.05, 0) is 11.1 Å². The van der Waals surface area contributed by atoms with Crippen LogP contribution in [-0.4, -0.2) is 42.4 Å². The van der Waals surface area contributed by atoms with Crippen LogP contribution in [0.15, 0.2) is 91.0 Å². The second kappa shape index (κ2) is 10.6. The molecule has 2 saturated heterocycles. The zero-order valence-electron chi connectivity index (χ0n) is 18.2. The van der Waals surface area contributed by atoms with Crippen LogP contribution in [-0.2, 0) is 36.9 Å². The molecule has 0 bridgehead atoms. The molecule has 2 heterocycles. The van der Waals surface area contributed by atoms with Crippen molar-refractivity contribution in [1.82, 2.24) is 0 Å². The van der Waals surface area contributed by atoms with Crippen molar-refractivity contribution in [2.24, 2.45) is 0 Å². The number of hydrogen-bond acceptors (Lipinski definition) is 6. The van der Waals surface area contributed by atoms with E-state index in [0.29, 0.717) is 19.8 Å². The highest BCUT2D eigenvalue weighted by atomic mass is 16.8. The first kappa shape index (κ1) is 22.2. The van der Waals surface area contributed by atoms with E-state index in [4.69, 9.17) is 23.7 Å². The maximum Gasteiger partial charge on any atom is 0.187 e. The average Bonchev–Trinajstić information content (AvgIpc) is 2.88. The summed E-state index contributed by atoms with van der Waals surface area (Å²) in [4.78, 5) is 0. The second-order valence-electron chi connectivity index (χ2n) is 8.27. The minimum atomic E-state index is -1.02. The van der Waals surface area contributed by atoms with Gasteiger partial charge in [-0.1, -0.05) is 91.0 Å². The fourth-order valence-corrected chi connectivity index (χ4v) is 4.19. The first-order chi connectivity index (χ1) is 16.3. The van der Waals surface area contributed by atoms with Gasteiger partial charge in [-0.15, -0.1) is 0 Å². The Balaban J connectivity index is 1.32. The Hall–Kier alpha value is -2.58. The Morgan fingerprint density at radius 1 is 0.727 bits per heavy atom. The minimum absolute atomic E-state index is 0.313. The van der Waals surface area contributed by atoms with Crippen LogP contribution in [0.5, 0.6) is 0 Å². The summed E-state index contributed by atoms with van der Waals surface area (Å²) in [7, 11) is 0. The van der Waals surface area contributed by atoms with Gasteiger partial charge < -0.3 is 28.8 Å². The molecule has 33 heavy (non-hydrogen) atoms. The molecule has 0 radical (unpaired) electrons. The van der Waals surface area contributed by atoms with Gasteiger partial charge in [-0.25, -0.2) is 0 Å². The smallest absolute Gasteiger partial charge is 0.187 e. The van der Waals surface area contributed by atoms with Crippen LogP contribution in [0.1, 0.15) is 23.0 Å². The molecule has 172 valence electrons. The van der Waals surface area contributed by atoms with Gasteiger partial charge >= 0.3 is 0 Å². The molecule has 0 aromatic heterocycles. The third-order valence-electron chi connectivity index (χ3n) is 5.92. The van der Waals surface area contributed by atoms with Crippen molar-refractivity contribution in [1.29, 1.82) is 0 Å². The monoisotopic (exact) mass is 448 g/mol. The summed E-state index contributed by atoms with van der Waals surface area (Å²) in [5, 5.41) is 11.2. The molecule has 3 aromatic carbocycles. The molecule has 0 spiro atoms. The van der Waals surface area contributed by atoms with E-state index in [1.54, 1.807) is 0 Å². The highest BCUT2D eigenvalue weighted by Gasteiger charge is 2.50. The number of benzene rings is 3. The normalized spacial score (nSPS) is 29.4. The van der Waals surface area contributed by atoms with Gasteiger partial charge in [0, 0.05) is 5.56 Å². The van der Waals surface area contributed by atoms with Crippen molar-refractivity contribution < 1.29 is 28.8 Å². The summed E-state index contributed by atoms with van der Waals surface area (Å²) in [6.07, 6.45) is -3.98. The largest absolute Gasteiger partial charge is 0.385 e. The van der Waals surface area contributed by atoms with Crippen molar-refractivity contribution in [3.05, 3.63) is 108 Å². The van der Waals surface area contributed by atoms with Crippen molar-refractivity contribution >= 4 is 0 Å². The van der Waals surface area contributed by atoms with Crippen molar-refractivity contribution in [2.45, 2.75) is 50.2 Å². The first-order valence-electron chi connectivity index (χ1n) is 11.2. The molecule has 6 nitrogen and oxygen atoms in total. The van der Waals surface area contributed by atoms with Gasteiger partial charge in [0.15, 0.2) is 12.6 Å². The number of aliphatic hydroxyl groups excluding tert-OH is 1. The van der Waals surface area contributed by atoms with E-state index in [-0.39, 0.29) is 0 Å². The lowest BCUT2D eigenvalue weighted by Gasteiger charge is -2.47. The number of fused-ring (bicyclic) bond motifs is 1. The molecule has 2 aliphatic rings. The highest BCUT2D eigenvalue weighted by Crippen LogP contribution is 2.36. The highest BCUT2D eigenvalue weighted by molar-refractivity contribution is 5.17. The van der Waals surface area contributed by atoms with Crippen LogP contribution in [0.3, 0.4) is 0 Å². The molecule has 0 aliphatic carbocycles. The SMILES string of the molecule is O[C@@H]1[C@@H](OCc2ccccc2)O[C@@H]2CO[C@H](c3ccccc3)O[C@H]2[C@@H]1OCc1ccccc1. The first-order valence-corrected chi connectivity index (χ1v) is 11.2. The molecular formula is C27H28O6. The van der Waals surface area contributed by atoms with Gasteiger partial charge in [0.25, 0.3) is 0 Å². The van der Waals surface area contributed by atoms with Gasteiger partial charge in [-0.3, -0.25) is 0 Å². The second-order valence-corrected chi connectivity index (χ2v) is 8.27. The molecule has 0 amide bonds. The molecule has 0 unspecified atom stereocenters. The fourth-order valence-electron chi connectivity index (χ4n) is 4.19. The third-order valence-corrected chi connectivity index (χ3v) is 5.92. The van der Waals surface area contributed by atoms with Crippen LogP contribution in [0.25, 0.3) is 0 Å². The summed E-state index contributed by atoms with van der Waals surface area (Å²) in [5.41, 5.74) is 2.92. The molecular weight excluding hydrogens is 420 g/mol. The van der Waals surface area contributed by atoms with Crippen LogP contribution in [0, 0.1) is 0 Å². The standard InChI is InChI=1S/C27H28O6/c28-23-25(29-16-19-10-4-1-5-11-19)24-22(18-31-26(33-24)21-14-8-3-9-15-21)32-27(23)30-17-20-12-6-2-7-13-20/h1-15,22-28H,16-18H2/t22-,23+,24-,25-,26+,27+/m1/s1. The summed E-state index contributed by atoms with van der Waals surface area (Å²) >= 11 is 0. The minimum Gasteiger partial charge on any atom is -0.385 e. The zero-order chi connectivity index (χ0) is 22.5. The van der Waals surface area contributed by atoms with E-state index in [0.717, 1.165) is 16.7 Å². The van der Waals surface area contributed by atoms with Gasteiger partial charge in [-0.2, -0.15) is 0 Å². The van der Waals surface area contributed by atoms with Crippen LogP contribution < -0.4 is 0 Å². The zero-order valence-corrected chi connectivity index (χ0v) is 18.2. The van der Waals surface area contributed by atoms with Crippen molar-refractivity contribution in [3.8, 4) is 0 Å². The summed E-state index contributed by atoms with van der Waals surface area (Å²) in [5.74, 6) is 0. The fraction of sp³-hybridized carbons (Fsp3) is 0.333. The molecule has 0 saturated carbocycles. The quantitative estimate of drug-likeness (QED) is 0.590. The molecule has 6 heteroatoms. The van der Waals surface area contributed by atoms with Crippen LogP contribution in [0.2, 0.25) is 0 Å². The van der Waals surface area contributed by atoms with E-state index in [1.165, 1.54) is 0 Å². The number of hydrogen-bond donors (Lipinski definition) is 1. The van der Waals surface area contributed by atoms with Gasteiger partial charge in [0.1, 0.15) is 24.4 Å². The Kier molecular flexibility index (Phi) is 7.12. The maximum absolute atomic E-state index is 11.2. The molecule has 2 fully saturated rings. The van der Waals surface area contributed by atoms with Crippen molar-refractivity contribution in [2.75, 3.05) is 6.61 Å². The number of ether oxygens (including phenoxy) is 5. The lowest BCUT2D eigenvalue weighted by molar-refractivity contribution is -0.368. The Morgan fingerprint density at radius 2 is 1.30 bits per heavy atom. The van der Waals surface area contributed by atoms with E-state index in [1.807, 2.05) is 91.0 Å². The molecule has 3 aromatic rings. The lowest BCUT2D eigenvalue weighted by Crippen LogP contribution is -2.62. The van der Waals surface area contributed by atoms with Gasteiger partial charge in [0.05, 0.1) is 19.8 Å². The lowest BCUT2D eigenvalue weighted by atomic mass is 9.97. The average molecular weight is 449 g/mol. The maximum atomic E-state index is 11.2. The van der Waals surface area contributed by atoms with Crippen LogP contribution in [0.4, 0.5) is 0 Å². The van der Waals surface area contributed by atoms with Crippen molar-refractivity contribution in [3.63, 3.8) is 0 Å². The summed E-state index contributed by atoms with van der Waals surface area (Å²) in [6.45, 7) is 0.977. The van der Waals surface area contributed by atoms with E-state index < -0.39 is 37.0 Å². The van der Waals surface area contributed by atoms with Crippen LogP contribution >= 0.6 is 0 Å². The number of rotatable bonds is 7. The molecule has 6 atom stereocenters. The van der Waals surface area contributed by atoms with E-state index >= 15 is 0 Å². The topological polar surface area (TPSA) is 66.4 Å².